The van der Waals surface area contributed by atoms with Gasteiger partial charge in [0.2, 0.25) is 0 Å². The summed E-state index contributed by atoms with van der Waals surface area (Å²) >= 11 is 0. The Labute approximate surface area is 118 Å². The van der Waals surface area contributed by atoms with Crippen LogP contribution in [-0.2, 0) is 4.79 Å². The van der Waals surface area contributed by atoms with E-state index in [0.29, 0.717) is 18.2 Å². The number of rotatable bonds is 3. The first-order chi connectivity index (χ1) is 9.99. The maximum atomic E-state index is 11.7. The van der Waals surface area contributed by atoms with E-state index in [1.165, 1.54) is 0 Å². The second-order valence-corrected chi connectivity index (χ2v) is 5.55. The molecule has 8 nitrogen and oxygen atoms in total. The molecular formula is C13H16N4O4. The number of carboxylic acids is 1. The maximum Gasteiger partial charge on any atom is 0.327 e. The average molecular weight is 292 g/mol. The van der Waals surface area contributed by atoms with Crippen molar-refractivity contribution >= 4 is 17.1 Å². The normalized spacial score (nSPS) is 25.5. The van der Waals surface area contributed by atoms with Crippen LogP contribution in [0.2, 0.25) is 0 Å². The molecule has 0 aliphatic heterocycles. The van der Waals surface area contributed by atoms with E-state index in [0.717, 1.165) is 12.8 Å². The predicted molar refractivity (Wildman–Crippen MR) is 74.2 cm³/mol. The molecule has 4 N–H and O–H groups in total. The van der Waals surface area contributed by atoms with Crippen molar-refractivity contribution in [2.24, 2.45) is 11.8 Å². The maximum absolute atomic E-state index is 11.7. The molecule has 0 amide bonds. The molecule has 3 rings (SSSR count). The molecule has 2 aromatic heterocycles. The molecule has 0 aromatic carbocycles. The number of aromatic nitrogens is 4. The Morgan fingerprint density at radius 2 is 2.05 bits per heavy atom. The summed E-state index contributed by atoms with van der Waals surface area (Å²) in [7, 11) is 0. The number of imidazole rings is 1. The van der Waals surface area contributed by atoms with E-state index in [2.05, 4.69) is 19.9 Å². The number of carboxylic acid groups (broad SMARTS) is 1. The molecule has 3 atom stereocenters. The van der Waals surface area contributed by atoms with Gasteiger partial charge in [0.05, 0.1) is 5.92 Å². The van der Waals surface area contributed by atoms with E-state index >= 15 is 0 Å². The molecule has 3 unspecified atom stereocenters. The van der Waals surface area contributed by atoms with E-state index < -0.39 is 23.1 Å². The number of hydrogen-bond acceptors (Lipinski definition) is 4. The summed E-state index contributed by atoms with van der Waals surface area (Å²) in [5, 5.41) is 9.36. The monoisotopic (exact) mass is 292 g/mol. The lowest BCUT2D eigenvalue weighted by Gasteiger charge is -2.12. The number of H-pyrrole nitrogens is 3. The van der Waals surface area contributed by atoms with Crippen molar-refractivity contribution in [1.29, 1.82) is 0 Å². The summed E-state index contributed by atoms with van der Waals surface area (Å²) in [4.78, 5) is 46.0. The van der Waals surface area contributed by atoms with Gasteiger partial charge in [0.1, 0.15) is 11.3 Å². The Morgan fingerprint density at radius 1 is 1.29 bits per heavy atom. The molecule has 112 valence electrons. The summed E-state index contributed by atoms with van der Waals surface area (Å²) < 4.78 is 0. The van der Waals surface area contributed by atoms with E-state index in [9.17, 15) is 19.5 Å². The molecule has 1 fully saturated rings. The first-order valence-corrected chi connectivity index (χ1v) is 6.94. The zero-order valence-electron chi connectivity index (χ0n) is 11.5. The van der Waals surface area contributed by atoms with Gasteiger partial charge in [-0.3, -0.25) is 19.6 Å². The third-order valence-corrected chi connectivity index (χ3v) is 4.31. The zero-order chi connectivity index (χ0) is 15.1. The lowest BCUT2D eigenvalue weighted by atomic mass is 9.96. The van der Waals surface area contributed by atoms with Gasteiger partial charge in [-0.1, -0.05) is 13.3 Å². The van der Waals surface area contributed by atoms with Gasteiger partial charge in [0, 0.05) is 5.92 Å². The third kappa shape index (κ3) is 2.26. The molecular weight excluding hydrogens is 276 g/mol. The van der Waals surface area contributed by atoms with Crippen LogP contribution < -0.4 is 11.2 Å². The van der Waals surface area contributed by atoms with Crippen molar-refractivity contribution in [3.8, 4) is 0 Å². The van der Waals surface area contributed by atoms with E-state index in [-0.39, 0.29) is 17.1 Å². The molecule has 2 aromatic rings. The van der Waals surface area contributed by atoms with Gasteiger partial charge >= 0.3 is 11.7 Å². The van der Waals surface area contributed by atoms with E-state index in [1.807, 2.05) is 6.92 Å². The fourth-order valence-electron chi connectivity index (χ4n) is 3.18. The first-order valence-electron chi connectivity index (χ1n) is 6.94. The number of carbonyl (C=O) groups is 1. The minimum Gasteiger partial charge on any atom is -0.481 e. The van der Waals surface area contributed by atoms with Crippen molar-refractivity contribution in [3.05, 3.63) is 26.7 Å². The highest BCUT2D eigenvalue weighted by Crippen LogP contribution is 2.43. The van der Waals surface area contributed by atoms with Crippen LogP contribution in [0.5, 0.6) is 0 Å². The number of hydrogen-bond donors (Lipinski definition) is 4. The minimum absolute atomic E-state index is 0.169. The largest absolute Gasteiger partial charge is 0.481 e. The SMILES string of the molecule is CCC1CC(C(=O)O)C(c2nc3[nH]c(=O)[nH]c(=O)c3[nH]2)C1. The minimum atomic E-state index is -0.848. The smallest absolute Gasteiger partial charge is 0.327 e. The highest BCUT2D eigenvalue weighted by molar-refractivity contribution is 5.73. The lowest BCUT2D eigenvalue weighted by Crippen LogP contribution is -2.21. The Hall–Kier alpha value is -2.38. The number of fused-ring (bicyclic) bond motifs is 1. The molecule has 0 spiro atoms. The number of nitrogens with one attached hydrogen (secondary N) is 3. The highest BCUT2D eigenvalue weighted by Gasteiger charge is 2.40. The van der Waals surface area contributed by atoms with Crippen LogP contribution in [0.15, 0.2) is 9.59 Å². The third-order valence-electron chi connectivity index (χ3n) is 4.31. The van der Waals surface area contributed by atoms with Crippen LogP contribution in [0.3, 0.4) is 0 Å². The number of aliphatic carboxylic acids is 1. The van der Waals surface area contributed by atoms with Crippen LogP contribution in [-0.4, -0.2) is 31.0 Å². The Morgan fingerprint density at radius 3 is 2.71 bits per heavy atom. The molecule has 1 aliphatic carbocycles. The van der Waals surface area contributed by atoms with Gasteiger partial charge in [-0.25, -0.2) is 9.78 Å². The van der Waals surface area contributed by atoms with Crippen molar-refractivity contribution in [2.45, 2.75) is 32.1 Å². The van der Waals surface area contributed by atoms with Gasteiger partial charge in [0.15, 0.2) is 5.65 Å². The standard InChI is InChI=1S/C13H16N4O4/c1-2-5-3-6(7(4-5)12(19)20)9-14-8-10(15-9)16-13(21)17-11(8)18/h5-7H,2-4H2,1H3,(H,19,20)(H3,14,15,16,17,18,21). The number of aromatic amines is 3. The zero-order valence-corrected chi connectivity index (χ0v) is 11.5. The fourth-order valence-corrected chi connectivity index (χ4v) is 3.18. The summed E-state index contributed by atoms with van der Waals surface area (Å²) in [6.45, 7) is 2.03. The van der Waals surface area contributed by atoms with Crippen molar-refractivity contribution in [1.82, 2.24) is 19.9 Å². The van der Waals surface area contributed by atoms with Gasteiger partial charge in [0.25, 0.3) is 5.56 Å². The first kappa shape index (κ1) is 13.6. The second kappa shape index (κ2) is 4.87. The Balaban J connectivity index is 2.07. The lowest BCUT2D eigenvalue weighted by molar-refractivity contribution is -0.142. The molecule has 21 heavy (non-hydrogen) atoms. The van der Waals surface area contributed by atoms with Gasteiger partial charge in [-0.05, 0) is 18.8 Å². The number of nitrogens with zero attached hydrogens (tertiary/aromatic N) is 1. The Bertz CT molecular complexity index is 802. The van der Waals surface area contributed by atoms with Crippen molar-refractivity contribution < 1.29 is 9.90 Å². The fraction of sp³-hybridized carbons (Fsp3) is 0.538. The van der Waals surface area contributed by atoms with E-state index in [1.54, 1.807) is 0 Å². The summed E-state index contributed by atoms with van der Waals surface area (Å²) in [6, 6.07) is 0. The highest BCUT2D eigenvalue weighted by atomic mass is 16.4. The molecule has 2 heterocycles. The molecule has 0 radical (unpaired) electrons. The summed E-state index contributed by atoms with van der Waals surface area (Å²) in [5.74, 6) is -0.828. The van der Waals surface area contributed by atoms with Crippen LogP contribution in [0.25, 0.3) is 11.2 Å². The topological polar surface area (TPSA) is 132 Å². The van der Waals surface area contributed by atoms with Gasteiger partial charge < -0.3 is 10.1 Å². The van der Waals surface area contributed by atoms with Gasteiger partial charge in [-0.15, -0.1) is 0 Å². The van der Waals surface area contributed by atoms with Crippen LogP contribution >= 0.6 is 0 Å². The molecule has 8 heteroatoms. The van der Waals surface area contributed by atoms with Crippen LogP contribution in [0, 0.1) is 11.8 Å². The predicted octanol–water partition coefficient (Wildman–Crippen LogP) is 0.544. The van der Waals surface area contributed by atoms with Gasteiger partial charge in [-0.2, -0.15) is 0 Å². The average Bonchev–Trinajstić information content (AvgIpc) is 3.01. The molecule has 1 aliphatic rings. The quantitative estimate of drug-likeness (QED) is 0.655. The molecule has 1 saturated carbocycles. The summed E-state index contributed by atoms with van der Waals surface area (Å²) in [5.41, 5.74) is -0.834. The van der Waals surface area contributed by atoms with Crippen LogP contribution in [0.4, 0.5) is 0 Å². The summed E-state index contributed by atoms with van der Waals surface area (Å²) in [6.07, 6.45) is 2.24. The second-order valence-electron chi connectivity index (χ2n) is 5.55. The van der Waals surface area contributed by atoms with Crippen molar-refractivity contribution in [2.75, 3.05) is 0 Å². The van der Waals surface area contributed by atoms with E-state index in [4.69, 9.17) is 0 Å². The Kier molecular flexibility index (Phi) is 3.15. The van der Waals surface area contributed by atoms with Crippen molar-refractivity contribution in [3.63, 3.8) is 0 Å². The molecule has 0 bridgehead atoms. The molecule has 0 saturated heterocycles. The van der Waals surface area contributed by atoms with Crippen LogP contribution in [0.1, 0.15) is 37.9 Å².